The van der Waals surface area contributed by atoms with E-state index in [1.807, 2.05) is 11.0 Å². The van der Waals surface area contributed by atoms with Crippen molar-refractivity contribution in [2.45, 2.75) is 19.4 Å². The lowest BCUT2D eigenvalue weighted by Crippen LogP contribution is -2.50. The Morgan fingerprint density at radius 2 is 1.97 bits per heavy atom. The molecule has 2 atom stereocenters. The van der Waals surface area contributed by atoms with Gasteiger partial charge in [-0.2, -0.15) is 5.10 Å². The van der Waals surface area contributed by atoms with Crippen LogP contribution in [0.25, 0.3) is 11.1 Å². The maximum absolute atomic E-state index is 14.2. The highest BCUT2D eigenvalue weighted by atomic mass is 19.1. The van der Waals surface area contributed by atoms with Crippen LogP contribution in [-0.4, -0.2) is 65.2 Å². The summed E-state index contributed by atoms with van der Waals surface area (Å²) in [5.74, 6) is -1.17. The van der Waals surface area contributed by atoms with Crippen LogP contribution in [0.1, 0.15) is 13.3 Å². The minimum Gasteiger partial charge on any atom is -0.368 e. The zero-order valence-corrected chi connectivity index (χ0v) is 16.5. The lowest BCUT2D eigenvalue weighted by Gasteiger charge is -2.37. The number of halogens is 1. The number of carbonyl (C=O) groups excluding carboxylic acids is 3. The van der Waals surface area contributed by atoms with E-state index in [4.69, 9.17) is 0 Å². The van der Waals surface area contributed by atoms with Crippen LogP contribution in [0.15, 0.2) is 30.6 Å². The van der Waals surface area contributed by atoms with Gasteiger partial charge in [-0.3, -0.25) is 20.0 Å². The summed E-state index contributed by atoms with van der Waals surface area (Å²) < 4.78 is 14.2. The molecule has 0 saturated carbocycles. The molecule has 2 aliphatic heterocycles. The highest BCUT2D eigenvalue weighted by molar-refractivity contribution is 6.04. The van der Waals surface area contributed by atoms with Crippen LogP contribution < -0.4 is 15.5 Å². The Labute approximate surface area is 172 Å². The molecule has 2 fully saturated rings. The van der Waals surface area contributed by atoms with E-state index in [-0.39, 0.29) is 18.1 Å². The Morgan fingerprint density at radius 3 is 2.60 bits per heavy atom. The van der Waals surface area contributed by atoms with E-state index in [0.717, 1.165) is 16.8 Å². The number of hydrogen-bond donors (Lipinski definition) is 3. The molecular formula is C20H23FN6O3. The number of rotatable bonds is 5. The summed E-state index contributed by atoms with van der Waals surface area (Å²) in [6.07, 6.45) is 3.61. The predicted octanol–water partition coefficient (Wildman–Crippen LogP) is 1.10. The Bertz CT molecular complexity index is 955. The van der Waals surface area contributed by atoms with Crippen molar-refractivity contribution < 1.29 is 18.8 Å². The molecule has 0 aliphatic carbocycles. The highest BCUT2D eigenvalue weighted by Gasteiger charge is 2.34. The van der Waals surface area contributed by atoms with E-state index in [2.05, 4.69) is 20.8 Å². The van der Waals surface area contributed by atoms with Gasteiger partial charge in [-0.15, -0.1) is 0 Å². The maximum Gasteiger partial charge on any atom is 0.322 e. The van der Waals surface area contributed by atoms with Crippen molar-refractivity contribution >= 4 is 23.5 Å². The van der Waals surface area contributed by atoms with Crippen LogP contribution in [0.2, 0.25) is 0 Å². The Kier molecular flexibility index (Phi) is 5.39. The number of aromatic nitrogens is 2. The number of nitrogens with zero attached hydrogens (tertiary/aromatic N) is 3. The molecule has 3 heterocycles. The average molecular weight is 414 g/mol. The Balaban J connectivity index is 1.36. The molecule has 10 heteroatoms. The lowest BCUT2D eigenvalue weighted by atomic mass is 10.00. The second-order valence-electron chi connectivity index (χ2n) is 7.65. The van der Waals surface area contributed by atoms with E-state index in [9.17, 15) is 18.8 Å². The molecule has 2 aromatic rings. The Hall–Kier alpha value is -3.43. The maximum atomic E-state index is 14.2. The van der Waals surface area contributed by atoms with E-state index < -0.39 is 23.9 Å². The van der Waals surface area contributed by atoms with Crippen molar-refractivity contribution in [3.63, 3.8) is 0 Å². The summed E-state index contributed by atoms with van der Waals surface area (Å²) in [6.45, 7) is 3.92. The third kappa shape index (κ3) is 4.12. The number of piperazine rings is 1. The van der Waals surface area contributed by atoms with E-state index >= 15 is 0 Å². The number of urea groups is 1. The molecule has 158 valence electrons. The molecule has 1 unspecified atom stereocenters. The molecule has 4 amide bonds. The van der Waals surface area contributed by atoms with Crippen molar-refractivity contribution in [1.82, 2.24) is 25.7 Å². The third-order valence-corrected chi connectivity index (χ3v) is 5.54. The molecule has 0 bridgehead atoms. The van der Waals surface area contributed by atoms with Gasteiger partial charge in [0.05, 0.1) is 6.20 Å². The average Bonchev–Trinajstić information content (AvgIpc) is 3.37. The van der Waals surface area contributed by atoms with Crippen LogP contribution in [0.5, 0.6) is 0 Å². The fourth-order valence-corrected chi connectivity index (χ4v) is 3.91. The second kappa shape index (κ2) is 8.13. The van der Waals surface area contributed by atoms with Gasteiger partial charge in [-0.05, 0) is 30.2 Å². The summed E-state index contributed by atoms with van der Waals surface area (Å²) in [4.78, 5) is 39.5. The molecule has 3 N–H and O–H groups in total. The zero-order valence-electron chi connectivity index (χ0n) is 16.5. The first-order valence-electron chi connectivity index (χ1n) is 9.85. The van der Waals surface area contributed by atoms with Crippen molar-refractivity contribution in [3.05, 3.63) is 36.4 Å². The number of imide groups is 1. The number of amides is 4. The summed E-state index contributed by atoms with van der Waals surface area (Å²) in [6, 6.07) is 3.67. The van der Waals surface area contributed by atoms with E-state index in [1.54, 1.807) is 24.2 Å². The summed E-state index contributed by atoms with van der Waals surface area (Å²) in [5.41, 5.74) is 2.31. The van der Waals surface area contributed by atoms with E-state index in [1.165, 1.54) is 12.1 Å². The molecule has 1 aromatic heterocycles. The van der Waals surface area contributed by atoms with Gasteiger partial charge in [0, 0.05) is 49.5 Å². The molecule has 9 nitrogen and oxygen atoms in total. The fourth-order valence-electron chi connectivity index (χ4n) is 3.91. The van der Waals surface area contributed by atoms with Crippen LogP contribution in [-0.2, 0) is 9.59 Å². The largest absolute Gasteiger partial charge is 0.368 e. The quantitative estimate of drug-likeness (QED) is 0.635. The number of hydrogen-bond acceptors (Lipinski definition) is 5. The number of H-pyrrole nitrogens is 1. The zero-order chi connectivity index (χ0) is 21.3. The van der Waals surface area contributed by atoms with Crippen molar-refractivity contribution in [3.8, 4) is 11.1 Å². The monoisotopic (exact) mass is 414 g/mol. The molecule has 0 spiro atoms. The molecule has 1 aromatic carbocycles. The summed E-state index contributed by atoms with van der Waals surface area (Å²) in [7, 11) is 0. The van der Waals surface area contributed by atoms with Crippen LogP contribution in [0, 0.1) is 11.7 Å². The van der Waals surface area contributed by atoms with E-state index in [0.29, 0.717) is 26.2 Å². The standard InChI is InChI=1S/C20H23FN6O3/c1-12(6-17-18(28)25-20(30)24-17)19(29)27-4-2-26(3-5-27)16-8-13(7-15(21)9-16)14-10-22-23-11-14/h7-12,17H,2-6H2,1H3,(H,22,23)(H2,24,25,28,30)/t12?,17-/m1/s1. The first-order chi connectivity index (χ1) is 14.4. The van der Waals surface area contributed by atoms with Gasteiger partial charge < -0.3 is 15.1 Å². The van der Waals surface area contributed by atoms with Crippen LogP contribution in [0.4, 0.5) is 14.9 Å². The minimum absolute atomic E-state index is 0.0538. The van der Waals surface area contributed by atoms with Gasteiger partial charge in [-0.1, -0.05) is 6.92 Å². The number of benzene rings is 1. The first kappa shape index (κ1) is 19.9. The number of carbonyl (C=O) groups is 3. The predicted molar refractivity (Wildman–Crippen MR) is 107 cm³/mol. The van der Waals surface area contributed by atoms with Gasteiger partial charge >= 0.3 is 6.03 Å². The molecule has 2 saturated heterocycles. The second-order valence-corrected chi connectivity index (χ2v) is 7.65. The molecule has 2 aliphatic rings. The SMILES string of the molecule is CC(C[C@H]1NC(=O)NC1=O)C(=O)N1CCN(c2cc(F)cc(-c3cn[nH]c3)c2)CC1. The first-order valence-corrected chi connectivity index (χ1v) is 9.85. The minimum atomic E-state index is -0.675. The normalized spacial score (nSPS) is 20.1. The topological polar surface area (TPSA) is 110 Å². The molecular weight excluding hydrogens is 391 g/mol. The van der Waals surface area contributed by atoms with Gasteiger partial charge in [0.25, 0.3) is 5.91 Å². The van der Waals surface area contributed by atoms with Gasteiger partial charge in [0.15, 0.2) is 0 Å². The van der Waals surface area contributed by atoms with Gasteiger partial charge in [-0.25, -0.2) is 9.18 Å². The van der Waals surface area contributed by atoms with Crippen LogP contribution >= 0.6 is 0 Å². The summed E-state index contributed by atoms with van der Waals surface area (Å²) in [5, 5.41) is 11.3. The fraction of sp³-hybridized carbons (Fsp3) is 0.400. The van der Waals surface area contributed by atoms with Crippen molar-refractivity contribution in [2.75, 3.05) is 31.1 Å². The highest BCUT2D eigenvalue weighted by Crippen LogP contribution is 2.27. The number of anilines is 1. The van der Waals surface area contributed by atoms with Gasteiger partial charge in [0.2, 0.25) is 5.91 Å². The van der Waals surface area contributed by atoms with Crippen molar-refractivity contribution in [2.24, 2.45) is 5.92 Å². The van der Waals surface area contributed by atoms with Crippen molar-refractivity contribution in [1.29, 1.82) is 0 Å². The molecule has 0 radical (unpaired) electrons. The molecule has 4 rings (SSSR count). The third-order valence-electron chi connectivity index (χ3n) is 5.54. The van der Waals surface area contributed by atoms with Gasteiger partial charge in [0.1, 0.15) is 11.9 Å². The number of nitrogens with one attached hydrogen (secondary N) is 3. The lowest BCUT2D eigenvalue weighted by molar-refractivity contribution is -0.135. The van der Waals surface area contributed by atoms with Crippen LogP contribution in [0.3, 0.4) is 0 Å². The smallest absolute Gasteiger partial charge is 0.322 e. The summed E-state index contributed by atoms with van der Waals surface area (Å²) >= 11 is 0. The molecule has 30 heavy (non-hydrogen) atoms. The Morgan fingerprint density at radius 1 is 1.20 bits per heavy atom. The number of aromatic amines is 1.